The first-order chi connectivity index (χ1) is 61.7. The average molecular weight is 1950 g/mol. The summed E-state index contributed by atoms with van der Waals surface area (Å²) < 4.78 is 23.1. The molecule has 700 valence electrons. The van der Waals surface area contributed by atoms with Gasteiger partial charge < -0.3 is 55.8 Å². The summed E-state index contributed by atoms with van der Waals surface area (Å²) in [5, 5.41) is 93.2. The van der Waals surface area contributed by atoms with Crippen molar-refractivity contribution in [1.29, 1.82) is 0 Å². The Labute approximate surface area is 796 Å². The number of aromatic nitrogens is 2. The van der Waals surface area contributed by atoms with Crippen molar-refractivity contribution in [1.82, 2.24) is 10.1 Å². The number of aromatic hydroxyl groups is 1. The second-order valence-corrected chi connectivity index (χ2v) is 37.3. The third kappa shape index (κ3) is 40.1. The number of aromatic amines is 1. The molecule has 0 saturated heterocycles. The van der Waals surface area contributed by atoms with Gasteiger partial charge in [-0.1, -0.05) is 111 Å². The van der Waals surface area contributed by atoms with Crippen LogP contribution >= 0.6 is 93.9 Å². The van der Waals surface area contributed by atoms with Gasteiger partial charge in [0.2, 0.25) is 0 Å². The predicted octanol–water partition coefficient (Wildman–Crippen LogP) is 25.4. The number of ether oxygens (including phenoxy) is 1. The zero-order valence-corrected chi connectivity index (χ0v) is 82.3. The van der Waals surface area contributed by atoms with Gasteiger partial charge in [-0.05, 0) is 297 Å². The molecule has 11 aromatic rings. The zero-order valence-electron chi connectivity index (χ0n) is 75.8. The maximum atomic E-state index is 13.2. The normalized spacial score (nSPS) is 10.7. The van der Waals surface area contributed by atoms with Crippen molar-refractivity contribution < 1.29 is 108 Å². The van der Waals surface area contributed by atoms with Crippen LogP contribution in [0.4, 0.5) is 4.39 Å². The number of carboxylic acids is 9. The van der Waals surface area contributed by atoms with Crippen LogP contribution in [0.1, 0.15) is 209 Å². The van der Waals surface area contributed by atoms with E-state index >= 15 is 0 Å². The number of carboxylic acid groups (broad SMARTS) is 9. The molecular weight excluding hydrogens is 1840 g/mol. The van der Waals surface area contributed by atoms with Crippen LogP contribution in [0.3, 0.4) is 0 Å². The summed E-state index contributed by atoms with van der Waals surface area (Å²) in [5.41, 5.74) is 13.2. The Balaban J connectivity index is 0.000000376. The number of phenols is 1. The molecule has 131 heavy (non-hydrogen) atoms. The minimum atomic E-state index is -1.22. The third-order valence-corrected chi connectivity index (χ3v) is 24.9. The van der Waals surface area contributed by atoms with Crippen LogP contribution in [0.2, 0.25) is 5.02 Å². The number of hydrogen-bond acceptors (Lipinski definition) is 21. The van der Waals surface area contributed by atoms with Gasteiger partial charge in [0.15, 0.2) is 5.82 Å². The van der Waals surface area contributed by atoms with Gasteiger partial charge in [0.25, 0.3) is 0 Å². The number of nitrogens with zero attached hydrogens (tertiary/aromatic N) is 1. The molecule has 0 unspecified atom stereocenters. The fourth-order valence-electron chi connectivity index (χ4n) is 11.0. The summed E-state index contributed by atoms with van der Waals surface area (Å²) in [6.45, 7) is 29.8. The van der Waals surface area contributed by atoms with Crippen molar-refractivity contribution in [3.05, 3.63) is 303 Å². The largest absolute Gasteiger partial charge is 0.507 e. The highest BCUT2D eigenvalue weighted by molar-refractivity contribution is 8.00. The highest BCUT2D eigenvalue weighted by Gasteiger charge is 2.23. The number of hydrogen-bond donors (Lipinski definition) is 11. The van der Waals surface area contributed by atoms with Crippen LogP contribution in [-0.4, -0.2) is 162 Å². The number of aryl methyl sites for hydroxylation is 10. The quantitative estimate of drug-likeness (QED) is 0.0250. The molecule has 0 radical (unpaired) electrons. The smallest absolute Gasteiger partial charge is 0.439 e. The molecule has 1 fully saturated rings. The Bertz CT molecular complexity index is 5710. The van der Waals surface area contributed by atoms with Crippen LogP contribution in [0.15, 0.2) is 220 Å². The number of H-pyrrole nitrogens is 1. The maximum absolute atomic E-state index is 13.2. The lowest BCUT2D eigenvalue weighted by molar-refractivity contribution is 0.0677. The lowest BCUT2D eigenvalue weighted by atomic mass is 10.00. The molecule has 0 atom stereocenters. The van der Waals surface area contributed by atoms with Gasteiger partial charge in [0, 0.05) is 44.8 Å². The lowest BCUT2D eigenvalue weighted by Crippen LogP contribution is -2.13. The Hall–Kier alpha value is -11.4. The van der Waals surface area contributed by atoms with Crippen LogP contribution in [-0.2, 0) is 0 Å². The van der Waals surface area contributed by atoms with E-state index < -0.39 is 65.3 Å². The molecular formula is C98H110ClFN2O22S7. The van der Waals surface area contributed by atoms with Crippen molar-refractivity contribution in [2.24, 2.45) is 0 Å². The van der Waals surface area contributed by atoms with E-state index in [1.54, 1.807) is 140 Å². The lowest BCUT2D eigenvalue weighted by Gasteiger charge is -2.25. The van der Waals surface area contributed by atoms with Crippen molar-refractivity contribution >= 4 is 148 Å². The van der Waals surface area contributed by atoms with E-state index in [0.29, 0.717) is 76.9 Å². The summed E-state index contributed by atoms with van der Waals surface area (Å²) in [4.78, 5) is 115. The van der Waals surface area contributed by atoms with Gasteiger partial charge in [0.05, 0.1) is 56.1 Å². The van der Waals surface area contributed by atoms with Gasteiger partial charge in [-0.25, -0.2) is 52.3 Å². The van der Waals surface area contributed by atoms with Crippen LogP contribution in [0.5, 0.6) is 11.5 Å². The molecule has 1 aliphatic rings. The molecule has 12 rings (SSSR count). The number of nitrogens with one attached hydrogen (secondary N) is 1. The fourth-order valence-corrected chi connectivity index (χ4v) is 17.9. The van der Waals surface area contributed by atoms with Crippen molar-refractivity contribution in [2.45, 2.75) is 174 Å². The van der Waals surface area contributed by atoms with E-state index in [1.165, 1.54) is 72.7 Å². The number of benzene rings is 10. The highest BCUT2D eigenvalue weighted by Crippen LogP contribution is 2.39. The van der Waals surface area contributed by atoms with Crippen LogP contribution < -0.4 is 10.5 Å². The number of aromatic carboxylic acids is 9. The van der Waals surface area contributed by atoms with Gasteiger partial charge in [0.1, 0.15) is 28.4 Å². The van der Waals surface area contributed by atoms with Crippen molar-refractivity contribution in [3.8, 4) is 22.9 Å². The third-order valence-electron chi connectivity index (χ3n) is 17.6. The monoisotopic (exact) mass is 1940 g/mol. The second kappa shape index (κ2) is 58.4. The molecule has 1 heterocycles. The highest BCUT2D eigenvalue weighted by atomic mass is 35.5. The SMILES string of the molecule is CCCSc1cc(C)ccc1C(=O)O.CCOc1cc(C)ccc1-c1noc(=O)[nH]1.CCSc1cc(C)ccc1C(=O)O.CSc1cc(C)cc(Cl)c1C(=O)O.CSc1cc(C)cc(F)c1C(=O)O.CSc1cc(C)ccc1C(=O)O.Cc1ccc(C(=O)O)c(O)c1.Cc1ccc(C(=O)O)c(SC(C)C)c1.Cc1ccc(C(=O)O)c(SC2CCC2)c1.Cc1ccc(C(=O)O)cc1. The van der Waals surface area contributed by atoms with E-state index in [-0.39, 0.29) is 22.4 Å². The van der Waals surface area contributed by atoms with Crippen molar-refractivity contribution in [3.63, 3.8) is 0 Å². The summed E-state index contributed by atoms with van der Waals surface area (Å²) in [5.74, 6) is -6.91. The van der Waals surface area contributed by atoms with E-state index in [0.717, 1.165) is 104 Å². The number of carbonyl (C=O) groups is 9. The predicted molar refractivity (Wildman–Crippen MR) is 526 cm³/mol. The Kier molecular flexibility index (Phi) is 50.8. The molecule has 1 aliphatic carbocycles. The molecule has 33 heteroatoms. The first-order valence-electron chi connectivity index (χ1n) is 40.4. The van der Waals surface area contributed by atoms with E-state index in [9.17, 15) is 52.3 Å². The molecule has 0 bridgehead atoms. The molecule has 24 nitrogen and oxygen atoms in total. The first-order valence-corrected chi connectivity index (χ1v) is 48.1. The van der Waals surface area contributed by atoms with E-state index in [1.807, 2.05) is 167 Å². The molecule has 11 N–H and O–H groups in total. The maximum Gasteiger partial charge on any atom is 0.439 e. The molecule has 1 aromatic heterocycles. The van der Waals surface area contributed by atoms with Gasteiger partial charge in [-0.3, -0.25) is 9.51 Å². The van der Waals surface area contributed by atoms with E-state index in [4.69, 9.17) is 67.4 Å². The summed E-state index contributed by atoms with van der Waals surface area (Å²) in [6, 6.07) is 50.4. The van der Waals surface area contributed by atoms with Gasteiger partial charge >= 0.3 is 59.5 Å². The molecule has 0 aliphatic heterocycles. The van der Waals surface area contributed by atoms with Crippen LogP contribution in [0.25, 0.3) is 11.4 Å². The number of halogens is 2. The minimum absolute atomic E-state index is 0.0596. The Morgan fingerprint density at radius 2 is 0.817 bits per heavy atom. The fraction of sp³-hybridized carbons (Fsp3) is 0.276. The standard InChI is InChI=1S/C12H14O2S.C11H12N2O3.2C11H14O2S.C10H12O2S.C9H9ClO2S.C9H9FO2S.C9H10O2S.C8H8O3.C8H8O2/c1-8-5-6-10(12(13)14)11(7-8)15-9-3-2-4-9;1-3-15-9-6-7(2)4-5-8(9)10-12-11(14)16-13-10;1-7(2)14-10-6-8(3)4-5-9(10)11(12)13;1-3-6-14-10-7-8(2)4-5-9(10)11(12)13;1-3-13-9-6-7(2)4-5-8(9)10(11)12;2*1-5-3-6(10)8(9(11)12)7(4-5)13-2;1-6-3-4-7(9(10)11)8(5-6)12-2;1-5-2-3-6(8(10)11)7(9)4-5;1-6-2-4-7(5-3-6)8(9)10/h5-7,9H,2-4H2,1H3,(H,13,14);4-6H,3H2,1-2H3,(H,12,13,14);4-7H,1-3H3,(H,12,13);4-5,7H,3,6H2,1-2H3,(H,12,13);4-6H,3H2,1-2H3,(H,11,12);2*3-4H,1-2H3,(H,11,12);3-5H,1-2H3,(H,10,11);2-4,9H,1H3,(H,10,11);2-5H,1H3,(H,9,10). The van der Waals surface area contributed by atoms with E-state index in [2.05, 4.69) is 35.4 Å². The van der Waals surface area contributed by atoms with Crippen molar-refractivity contribution in [2.75, 3.05) is 36.9 Å². The molecule has 1 saturated carbocycles. The molecule has 0 amide bonds. The van der Waals surface area contributed by atoms with Gasteiger partial charge in [-0.2, -0.15) is 0 Å². The topological polar surface area (TPSA) is 424 Å². The molecule has 10 aromatic carbocycles. The summed E-state index contributed by atoms with van der Waals surface area (Å²) in [7, 11) is 0. The average Bonchev–Trinajstić information content (AvgIpc) is 1.70. The Morgan fingerprint density at radius 1 is 0.443 bits per heavy atom. The summed E-state index contributed by atoms with van der Waals surface area (Å²) >= 11 is 16.4. The number of thioether (sulfide) groups is 7. The Morgan fingerprint density at radius 3 is 1.21 bits per heavy atom. The molecule has 0 spiro atoms. The second-order valence-electron chi connectivity index (χ2n) is 29.0. The van der Waals surface area contributed by atoms with Crippen LogP contribution in [0, 0.1) is 75.1 Å². The minimum Gasteiger partial charge on any atom is -0.507 e. The summed E-state index contributed by atoms with van der Waals surface area (Å²) in [6.07, 6.45) is 10.2. The zero-order chi connectivity index (χ0) is 98.6. The first kappa shape index (κ1) is 114. The number of rotatable bonds is 24. The van der Waals surface area contributed by atoms with Gasteiger partial charge in [-0.15, -0.1) is 82.3 Å².